The Labute approximate surface area is 328 Å². The average Bonchev–Trinajstić information content (AvgIpc) is 3.74. The van der Waals surface area contributed by atoms with Crippen molar-refractivity contribution in [2.24, 2.45) is 0 Å². The first-order valence-corrected chi connectivity index (χ1v) is 19.0. The topological polar surface area (TPSA) is 64.7 Å². The lowest BCUT2D eigenvalue weighted by molar-refractivity contribution is 0.623. The molecule has 0 aliphatic carbocycles. The molecule has 0 radical (unpaired) electrons. The first-order valence-electron chi connectivity index (χ1n) is 19.0. The summed E-state index contributed by atoms with van der Waals surface area (Å²) in [5.74, 6) is 2.48. The van der Waals surface area contributed by atoms with E-state index in [-0.39, 0.29) is 0 Å². The second-order valence-corrected chi connectivity index (χ2v) is 14.3. The van der Waals surface area contributed by atoms with Crippen LogP contribution in [0, 0.1) is 0 Å². The molecular weight excluding hydrogens is 697 g/mol. The first kappa shape index (κ1) is 32.7. The van der Waals surface area contributed by atoms with E-state index in [4.69, 9.17) is 24.4 Å². The third-order valence-corrected chi connectivity index (χ3v) is 10.7. The van der Waals surface area contributed by atoms with Gasteiger partial charge < -0.3 is 4.42 Å². The Kier molecular flexibility index (Phi) is 7.74. The van der Waals surface area contributed by atoms with E-state index in [0.29, 0.717) is 23.4 Å². The van der Waals surface area contributed by atoms with E-state index in [1.807, 2.05) is 72.8 Å². The molecule has 0 N–H and O–H groups in total. The molecule has 2 heterocycles. The lowest BCUT2D eigenvalue weighted by Crippen LogP contribution is -2.00. The molecule has 0 saturated heterocycles. The van der Waals surface area contributed by atoms with Crippen LogP contribution in [-0.4, -0.2) is 19.9 Å². The zero-order valence-corrected chi connectivity index (χ0v) is 30.7. The van der Waals surface area contributed by atoms with Gasteiger partial charge in [-0.15, -0.1) is 0 Å². The van der Waals surface area contributed by atoms with Gasteiger partial charge in [0.15, 0.2) is 23.1 Å². The van der Waals surface area contributed by atoms with Crippen LogP contribution in [-0.2, 0) is 0 Å². The van der Waals surface area contributed by atoms with Crippen LogP contribution in [0.5, 0.6) is 0 Å². The molecule has 0 atom stereocenters. The average molecular weight is 729 g/mol. The highest BCUT2D eigenvalue weighted by molar-refractivity contribution is 6.26. The lowest BCUT2D eigenvalue weighted by Gasteiger charge is -2.11. The Bertz CT molecular complexity index is 3250. The van der Waals surface area contributed by atoms with Gasteiger partial charge in [-0.3, -0.25) is 0 Å². The minimum absolute atomic E-state index is 0.615. The Balaban J connectivity index is 1.01. The van der Waals surface area contributed by atoms with Crippen LogP contribution < -0.4 is 0 Å². The smallest absolute Gasteiger partial charge is 0.227 e. The molecule has 0 aliphatic heterocycles. The Morgan fingerprint density at radius 2 is 0.719 bits per heavy atom. The largest absolute Gasteiger partial charge is 0.435 e. The van der Waals surface area contributed by atoms with Crippen LogP contribution in [0.25, 0.3) is 111 Å². The SMILES string of the molecule is c1ccc(-c2ccc(-c3ccc(-c4nc(-c5ccccc5)nc(-c5ccc6c(ccc7ccc8ccc9nc(-c%10ccccc%10)oc9c8c76)c5)n4)cc3)cc2)cc1. The summed E-state index contributed by atoms with van der Waals surface area (Å²) < 4.78 is 6.54. The highest BCUT2D eigenvalue weighted by atomic mass is 16.3. The maximum Gasteiger partial charge on any atom is 0.227 e. The van der Waals surface area contributed by atoms with Crippen molar-refractivity contribution in [3.05, 3.63) is 194 Å². The third-order valence-electron chi connectivity index (χ3n) is 10.7. The molecule has 0 saturated carbocycles. The van der Waals surface area contributed by atoms with Gasteiger partial charge in [0.05, 0.1) is 0 Å². The van der Waals surface area contributed by atoms with Crippen LogP contribution in [0.4, 0.5) is 0 Å². The molecule has 5 nitrogen and oxygen atoms in total. The fraction of sp³-hybridized carbons (Fsp3) is 0. The van der Waals surface area contributed by atoms with E-state index in [2.05, 4.69) is 121 Å². The summed E-state index contributed by atoms with van der Waals surface area (Å²) in [6.07, 6.45) is 0. The van der Waals surface area contributed by atoms with Gasteiger partial charge in [0, 0.05) is 33.0 Å². The van der Waals surface area contributed by atoms with Gasteiger partial charge >= 0.3 is 0 Å². The normalized spacial score (nSPS) is 11.5. The predicted octanol–water partition coefficient (Wildman–Crippen LogP) is 13.5. The molecule has 266 valence electrons. The molecule has 0 fully saturated rings. The summed E-state index contributed by atoms with van der Waals surface area (Å²) in [5, 5.41) is 6.64. The van der Waals surface area contributed by atoms with Gasteiger partial charge in [-0.25, -0.2) is 19.9 Å². The summed E-state index contributed by atoms with van der Waals surface area (Å²) in [7, 11) is 0. The summed E-state index contributed by atoms with van der Waals surface area (Å²) in [6, 6.07) is 67.1. The van der Waals surface area contributed by atoms with Crippen LogP contribution in [0.1, 0.15) is 0 Å². The quantitative estimate of drug-likeness (QED) is 0.160. The van der Waals surface area contributed by atoms with Crippen molar-refractivity contribution >= 4 is 43.4 Å². The molecule has 0 spiro atoms. The number of fused-ring (bicyclic) bond motifs is 7. The van der Waals surface area contributed by atoms with Crippen LogP contribution in [0.15, 0.2) is 199 Å². The van der Waals surface area contributed by atoms with E-state index < -0.39 is 0 Å². The van der Waals surface area contributed by atoms with Crippen LogP contribution in [0.2, 0.25) is 0 Å². The highest BCUT2D eigenvalue weighted by Gasteiger charge is 2.17. The zero-order chi connectivity index (χ0) is 37.7. The van der Waals surface area contributed by atoms with Crippen molar-refractivity contribution < 1.29 is 4.42 Å². The number of benzene rings is 9. The highest BCUT2D eigenvalue weighted by Crippen LogP contribution is 2.39. The summed E-state index contributed by atoms with van der Waals surface area (Å²) >= 11 is 0. The van der Waals surface area contributed by atoms with E-state index in [1.165, 1.54) is 11.1 Å². The number of hydrogen-bond donors (Lipinski definition) is 0. The summed E-state index contributed by atoms with van der Waals surface area (Å²) in [6.45, 7) is 0. The van der Waals surface area contributed by atoms with Crippen molar-refractivity contribution in [1.82, 2.24) is 19.9 Å². The Hall–Kier alpha value is -7.76. The van der Waals surface area contributed by atoms with Gasteiger partial charge in [0.1, 0.15) is 5.52 Å². The lowest BCUT2D eigenvalue weighted by atomic mass is 9.95. The molecular formula is C52H32N4O. The molecule has 11 rings (SSSR count). The van der Waals surface area contributed by atoms with E-state index in [0.717, 1.165) is 76.8 Å². The standard InChI is InChI=1S/C52H32N4O/c1-4-10-33(11-5-1)34-16-18-35(19-17-34)36-20-25-40(26-21-36)50-54-49(39-12-6-2-7-13-39)55-51(56-50)43-28-30-44-42(32-43)27-24-37-22-23-38-29-31-45-48(47(38)46(37)44)57-52(53-45)41-14-8-3-9-15-41/h1-32H. The molecule has 0 aliphatic rings. The van der Waals surface area contributed by atoms with Gasteiger partial charge in [-0.2, -0.15) is 0 Å². The second kappa shape index (κ2) is 13.5. The maximum atomic E-state index is 6.54. The molecule has 0 unspecified atom stereocenters. The van der Waals surface area contributed by atoms with E-state index in [9.17, 15) is 0 Å². The van der Waals surface area contributed by atoms with E-state index >= 15 is 0 Å². The minimum atomic E-state index is 0.615. The number of hydrogen-bond acceptors (Lipinski definition) is 5. The van der Waals surface area contributed by atoms with Gasteiger partial charge in [0.2, 0.25) is 5.89 Å². The molecule has 9 aromatic carbocycles. The number of aromatic nitrogens is 4. The first-order chi connectivity index (χ1) is 28.2. The zero-order valence-electron chi connectivity index (χ0n) is 30.7. The van der Waals surface area contributed by atoms with Crippen LogP contribution in [0.3, 0.4) is 0 Å². The molecule has 11 aromatic rings. The van der Waals surface area contributed by atoms with Gasteiger partial charge in [0.25, 0.3) is 0 Å². The summed E-state index contributed by atoms with van der Waals surface area (Å²) in [4.78, 5) is 20.0. The monoisotopic (exact) mass is 728 g/mol. The second-order valence-electron chi connectivity index (χ2n) is 14.3. The van der Waals surface area contributed by atoms with Crippen molar-refractivity contribution in [3.63, 3.8) is 0 Å². The fourth-order valence-electron chi connectivity index (χ4n) is 7.84. The van der Waals surface area contributed by atoms with Crippen molar-refractivity contribution in [1.29, 1.82) is 0 Å². The Morgan fingerprint density at radius 3 is 1.32 bits per heavy atom. The van der Waals surface area contributed by atoms with Gasteiger partial charge in [-0.1, -0.05) is 170 Å². The Morgan fingerprint density at radius 1 is 0.298 bits per heavy atom. The van der Waals surface area contributed by atoms with Crippen molar-refractivity contribution in [2.45, 2.75) is 0 Å². The van der Waals surface area contributed by atoms with Crippen molar-refractivity contribution in [2.75, 3.05) is 0 Å². The summed E-state index contributed by atoms with van der Waals surface area (Å²) in [5.41, 5.74) is 10.0. The van der Waals surface area contributed by atoms with Crippen LogP contribution >= 0.6 is 0 Å². The number of oxazole rings is 1. The fourth-order valence-corrected chi connectivity index (χ4v) is 7.84. The minimum Gasteiger partial charge on any atom is -0.435 e. The van der Waals surface area contributed by atoms with Crippen molar-refractivity contribution in [3.8, 4) is 67.9 Å². The maximum absolute atomic E-state index is 6.54. The molecule has 0 bridgehead atoms. The number of nitrogens with zero attached hydrogens (tertiary/aromatic N) is 4. The molecule has 57 heavy (non-hydrogen) atoms. The van der Waals surface area contributed by atoms with E-state index in [1.54, 1.807) is 0 Å². The molecule has 0 amide bonds. The molecule has 2 aromatic heterocycles. The number of rotatable bonds is 6. The van der Waals surface area contributed by atoms with Gasteiger partial charge in [-0.05, 0) is 68.1 Å². The predicted molar refractivity (Wildman–Crippen MR) is 233 cm³/mol. The third kappa shape index (κ3) is 5.90. The molecule has 5 heteroatoms.